The maximum Gasteiger partial charge on any atom is 0.338 e. The van der Waals surface area contributed by atoms with Crippen molar-refractivity contribution in [1.29, 1.82) is 0 Å². The van der Waals surface area contributed by atoms with Crippen LogP contribution in [-0.4, -0.2) is 31.5 Å². The number of unbranched alkanes of at least 4 members (excludes halogenated alkanes) is 1. The lowest BCUT2D eigenvalue weighted by atomic mass is 10.2. The number of esters is 1. The van der Waals surface area contributed by atoms with Crippen LogP contribution < -0.4 is 15.0 Å². The van der Waals surface area contributed by atoms with E-state index in [0.29, 0.717) is 28.4 Å². The van der Waals surface area contributed by atoms with Crippen LogP contribution in [0.5, 0.6) is 5.75 Å². The molecule has 0 spiro atoms. The number of imide groups is 1. The molecule has 0 saturated carbocycles. The highest BCUT2D eigenvalue weighted by atomic mass is 35.5. The van der Waals surface area contributed by atoms with Crippen LogP contribution in [0.3, 0.4) is 0 Å². The van der Waals surface area contributed by atoms with Crippen molar-refractivity contribution in [3.8, 4) is 5.75 Å². The smallest absolute Gasteiger partial charge is 0.338 e. The van der Waals surface area contributed by atoms with E-state index in [9.17, 15) is 14.4 Å². The Morgan fingerprint density at radius 2 is 1.78 bits per heavy atom. The van der Waals surface area contributed by atoms with E-state index in [1.165, 1.54) is 13.2 Å². The van der Waals surface area contributed by atoms with E-state index in [2.05, 4.69) is 5.32 Å². The summed E-state index contributed by atoms with van der Waals surface area (Å²) in [5, 5.41) is 3.05. The first-order valence-electron chi connectivity index (χ1n) is 9.95. The SMILES string of the molecule is CCCCOC(=O)c1ccc(NC2=C(Cl)C(=O)N(c3cc(C)c(Cl)cc3OC)C2=O)cc1. The summed E-state index contributed by atoms with van der Waals surface area (Å²) in [5.41, 5.74) is 1.69. The number of rotatable bonds is 8. The molecule has 0 unspecified atom stereocenters. The van der Waals surface area contributed by atoms with Gasteiger partial charge in [0.1, 0.15) is 16.5 Å². The number of benzene rings is 2. The third-order valence-corrected chi connectivity index (χ3v) is 5.61. The Labute approximate surface area is 195 Å². The van der Waals surface area contributed by atoms with Crippen LogP contribution in [0.4, 0.5) is 11.4 Å². The molecular weight excluding hydrogens is 455 g/mol. The number of nitrogens with zero attached hydrogens (tertiary/aromatic N) is 1. The average molecular weight is 477 g/mol. The van der Waals surface area contributed by atoms with Gasteiger partial charge in [-0.15, -0.1) is 0 Å². The zero-order valence-electron chi connectivity index (χ0n) is 17.8. The van der Waals surface area contributed by atoms with Crippen LogP contribution in [0.1, 0.15) is 35.7 Å². The first-order valence-corrected chi connectivity index (χ1v) is 10.7. The Morgan fingerprint density at radius 3 is 2.41 bits per heavy atom. The molecule has 7 nitrogen and oxygen atoms in total. The number of nitrogens with one attached hydrogen (secondary N) is 1. The van der Waals surface area contributed by atoms with Crippen molar-refractivity contribution in [2.24, 2.45) is 0 Å². The number of ether oxygens (including phenoxy) is 2. The predicted molar refractivity (Wildman–Crippen MR) is 123 cm³/mol. The quantitative estimate of drug-likeness (QED) is 0.326. The minimum absolute atomic E-state index is 0.0791. The molecule has 0 bridgehead atoms. The minimum atomic E-state index is -0.685. The van der Waals surface area contributed by atoms with Gasteiger partial charge >= 0.3 is 5.97 Å². The Morgan fingerprint density at radius 1 is 1.09 bits per heavy atom. The van der Waals surface area contributed by atoms with Crippen molar-refractivity contribution < 1.29 is 23.9 Å². The molecule has 1 heterocycles. The van der Waals surface area contributed by atoms with E-state index in [0.717, 1.165) is 17.7 Å². The molecule has 3 rings (SSSR count). The fourth-order valence-corrected chi connectivity index (χ4v) is 3.41. The van der Waals surface area contributed by atoms with Gasteiger partial charge in [-0.1, -0.05) is 36.5 Å². The Kier molecular flexibility index (Phi) is 7.43. The van der Waals surface area contributed by atoms with Gasteiger partial charge in [0.2, 0.25) is 0 Å². The molecule has 2 aromatic carbocycles. The van der Waals surface area contributed by atoms with E-state index in [1.807, 2.05) is 6.92 Å². The molecule has 0 radical (unpaired) electrons. The lowest BCUT2D eigenvalue weighted by Gasteiger charge is -2.19. The van der Waals surface area contributed by atoms with E-state index in [4.69, 9.17) is 32.7 Å². The van der Waals surface area contributed by atoms with Gasteiger partial charge in [0.15, 0.2) is 0 Å². The van der Waals surface area contributed by atoms with Crippen LogP contribution in [0.25, 0.3) is 0 Å². The molecule has 1 aliphatic heterocycles. The maximum absolute atomic E-state index is 13.1. The molecule has 9 heteroatoms. The number of carbonyl (C=O) groups excluding carboxylic acids is 3. The second kappa shape index (κ2) is 10.1. The fraction of sp³-hybridized carbons (Fsp3) is 0.261. The molecule has 1 N–H and O–H groups in total. The lowest BCUT2D eigenvalue weighted by Crippen LogP contribution is -2.32. The summed E-state index contributed by atoms with van der Waals surface area (Å²) in [4.78, 5) is 38.8. The third kappa shape index (κ3) is 4.74. The number of hydrogen-bond acceptors (Lipinski definition) is 6. The zero-order chi connectivity index (χ0) is 23.4. The normalized spacial score (nSPS) is 13.6. The maximum atomic E-state index is 13.1. The highest BCUT2D eigenvalue weighted by molar-refractivity contribution is 6.53. The van der Waals surface area contributed by atoms with Gasteiger partial charge in [-0.3, -0.25) is 9.59 Å². The highest BCUT2D eigenvalue weighted by Crippen LogP contribution is 2.38. The van der Waals surface area contributed by atoms with Crippen LogP contribution in [-0.2, 0) is 14.3 Å². The standard InChI is InChI=1S/C23H22Cl2N2O5/c1-4-5-10-32-23(30)14-6-8-15(9-7-14)26-20-19(25)21(28)27(22(20)29)17-11-13(2)16(24)12-18(17)31-3/h6-9,11-12,26H,4-5,10H2,1-3H3. The van der Waals surface area contributed by atoms with Crippen LogP contribution in [0.15, 0.2) is 47.1 Å². The second-order valence-electron chi connectivity index (χ2n) is 7.10. The van der Waals surface area contributed by atoms with Gasteiger partial charge in [-0.25, -0.2) is 9.69 Å². The molecule has 0 saturated heterocycles. The molecule has 168 valence electrons. The molecule has 0 atom stereocenters. The van der Waals surface area contributed by atoms with E-state index in [-0.39, 0.29) is 22.2 Å². The molecule has 32 heavy (non-hydrogen) atoms. The largest absolute Gasteiger partial charge is 0.494 e. The third-order valence-electron chi connectivity index (χ3n) is 4.85. The van der Waals surface area contributed by atoms with Gasteiger partial charge in [0, 0.05) is 16.8 Å². The summed E-state index contributed by atoms with van der Waals surface area (Å²) in [5.74, 6) is -1.48. The summed E-state index contributed by atoms with van der Waals surface area (Å²) >= 11 is 12.3. The van der Waals surface area contributed by atoms with Crippen LogP contribution >= 0.6 is 23.2 Å². The monoisotopic (exact) mass is 476 g/mol. The number of amides is 2. The fourth-order valence-electron chi connectivity index (χ4n) is 3.04. The summed E-state index contributed by atoms with van der Waals surface area (Å²) in [7, 11) is 1.42. The van der Waals surface area contributed by atoms with Crippen LogP contribution in [0.2, 0.25) is 5.02 Å². The number of hydrogen-bond donors (Lipinski definition) is 1. The molecular formula is C23H22Cl2N2O5. The predicted octanol–water partition coefficient (Wildman–Crippen LogP) is 5.05. The second-order valence-corrected chi connectivity index (χ2v) is 7.88. The summed E-state index contributed by atoms with van der Waals surface area (Å²) in [6.07, 6.45) is 1.72. The summed E-state index contributed by atoms with van der Waals surface area (Å²) in [6.45, 7) is 4.12. The number of anilines is 2. The van der Waals surface area contributed by atoms with Gasteiger partial charge in [-0.05, 0) is 49.2 Å². The molecule has 1 aliphatic rings. The molecule has 2 aromatic rings. The van der Waals surface area contributed by atoms with Crippen LogP contribution in [0, 0.1) is 6.92 Å². The number of methoxy groups -OCH3 is 1. The van der Waals surface area contributed by atoms with Gasteiger partial charge < -0.3 is 14.8 Å². The van der Waals surface area contributed by atoms with E-state index < -0.39 is 17.8 Å². The number of halogens is 2. The number of aryl methyl sites for hydroxylation is 1. The molecule has 2 amide bonds. The summed E-state index contributed by atoms with van der Waals surface area (Å²) < 4.78 is 10.5. The van der Waals surface area contributed by atoms with Crippen molar-refractivity contribution in [2.75, 3.05) is 23.9 Å². The van der Waals surface area contributed by atoms with Crippen molar-refractivity contribution in [2.45, 2.75) is 26.7 Å². The Balaban J connectivity index is 1.80. The Bertz CT molecular complexity index is 1100. The van der Waals surface area contributed by atoms with Crippen molar-refractivity contribution >= 4 is 52.4 Å². The Hall–Kier alpha value is -3.03. The van der Waals surface area contributed by atoms with E-state index in [1.54, 1.807) is 37.3 Å². The van der Waals surface area contributed by atoms with Crippen molar-refractivity contribution in [1.82, 2.24) is 0 Å². The van der Waals surface area contributed by atoms with Gasteiger partial charge in [-0.2, -0.15) is 0 Å². The summed E-state index contributed by atoms with van der Waals surface area (Å²) in [6, 6.07) is 9.45. The van der Waals surface area contributed by atoms with E-state index >= 15 is 0 Å². The lowest BCUT2D eigenvalue weighted by molar-refractivity contribution is -0.120. The highest BCUT2D eigenvalue weighted by Gasteiger charge is 2.40. The minimum Gasteiger partial charge on any atom is -0.494 e. The van der Waals surface area contributed by atoms with Crippen molar-refractivity contribution in [3.63, 3.8) is 0 Å². The zero-order valence-corrected chi connectivity index (χ0v) is 19.3. The first-order chi connectivity index (χ1) is 15.3. The first kappa shape index (κ1) is 23.6. The molecule has 0 fully saturated rings. The number of carbonyl (C=O) groups is 3. The van der Waals surface area contributed by atoms with Crippen molar-refractivity contribution in [3.05, 3.63) is 63.3 Å². The molecule has 0 aliphatic carbocycles. The van der Waals surface area contributed by atoms with Gasteiger partial charge in [0.05, 0.1) is 25.0 Å². The average Bonchev–Trinajstić information content (AvgIpc) is 2.99. The topological polar surface area (TPSA) is 84.9 Å². The van der Waals surface area contributed by atoms with Gasteiger partial charge in [0.25, 0.3) is 11.8 Å². The molecule has 0 aromatic heterocycles.